The highest BCUT2D eigenvalue weighted by atomic mass is 32.2. The van der Waals surface area contributed by atoms with E-state index >= 15 is 4.39 Å². The summed E-state index contributed by atoms with van der Waals surface area (Å²) in [7, 11) is -4.36. The summed E-state index contributed by atoms with van der Waals surface area (Å²) in [5, 5.41) is 10.2. The van der Waals surface area contributed by atoms with Gasteiger partial charge in [0.05, 0.1) is 12.6 Å². The lowest BCUT2D eigenvalue weighted by atomic mass is 9.81. The first kappa shape index (κ1) is 25.7. The summed E-state index contributed by atoms with van der Waals surface area (Å²) in [4.78, 5) is 37.1. The van der Waals surface area contributed by atoms with E-state index in [-0.39, 0.29) is 12.1 Å². The van der Waals surface area contributed by atoms with Crippen molar-refractivity contribution in [2.24, 2.45) is 5.92 Å². The van der Waals surface area contributed by atoms with E-state index in [1.807, 2.05) is 0 Å². The Morgan fingerprint density at radius 3 is 2.53 bits per heavy atom. The summed E-state index contributed by atoms with van der Waals surface area (Å²) in [6.07, 6.45) is 4.72. The zero-order valence-electron chi connectivity index (χ0n) is 19.9. The third kappa shape index (κ3) is 5.25. The molecule has 2 atom stereocenters. The maximum Gasteiger partial charge on any atom is 0.413 e. The molecule has 1 unspecified atom stereocenters. The number of rotatable bonds is 7. The summed E-state index contributed by atoms with van der Waals surface area (Å²) < 4.78 is 52.5. The first-order chi connectivity index (χ1) is 17.0. The van der Waals surface area contributed by atoms with Crippen molar-refractivity contribution in [3.05, 3.63) is 29.6 Å². The minimum Gasteiger partial charge on any atom is -0.506 e. The molecular weight excluding hydrogens is 497 g/mol. The topological polar surface area (TPSA) is 143 Å². The number of phenolic OH excluding ortho intramolecular Hbond substituents is 1. The molecule has 11 nitrogen and oxygen atoms in total. The van der Waals surface area contributed by atoms with Crippen molar-refractivity contribution in [2.45, 2.75) is 58.3 Å². The maximum absolute atomic E-state index is 15.7. The van der Waals surface area contributed by atoms with Crippen LogP contribution in [0, 0.1) is 11.7 Å². The Kier molecular flexibility index (Phi) is 7.12. The van der Waals surface area contributed by atoms with Crippen LogP contribution in [0.1, 0.15) is 51.5 Å². The number of esters is 1. The number of nitrogens with one attached hydrogen (secondary N) is 1. The molecule has 13 heteroatoms. The molecule has 2 aliphatic heterocycles. The number of hydrogen-bond acceptors (Lipinski definition) is 8. The van der Waals surface area contributed by atoms with Crippen LogP contribution in [-0.2, 0) is 29.3 Å². The van der Waals surface area contributed by atoms with Gasteiger partial charge < -0.3 is 14.6 Å². The fourth-order valence-corrected chi connectivity index (χ4v) is 5.79. The number of amides is 2. The van der Waals surface area contributed by atoms with E-state index in [0.29, 0.717) is 22.2 Å². The van der Waals surface area contributed by atoms with Crippen molar-refractivity contribution in [1.82, 2.24) is 9.62 Å². The molecule has 2 N–H and O–H groups in total. The number of carbonyl (C=O) groups is 3. The third-order valence-electron chi connectivity index (χ3n) is 6.57. The number of benzene rings is 1. The first-order valence-corrected chi connectivity index (χ1v) is 13.1. The van der Waals surface area contributed by atoms with Gasteiger partial charge >= 0.3 is 22.3 Å². The van der Waals surface area contributed by atoms with Crippen LogP contribution in [0.3, 0.4) is 0 Å². The molecule has 1 saturated heterocycles. The van der Waals surface area contributed by atoms with E-state index in [1.54, 1.807) is 10.8 Å². The minimum atomic E-state index is -4.36. The molecule has 0 bridgehead atoms. The summed E-state index contributed by atoms with van der Waals surface area (Å²) in [6.45, 7) is 1.87. The second-order valence-corrected chi connectivity index (χ2v) is 10.7. The Bertz CT molecular complexity index is 1210. The Morgan fingerprint density at radius 2 is 1.94 bits per heavy atom. The Balaban J connectivity index is 1.62. The van der Waals surface area contributed by atoms with Gasteiger partial charge in [0.2, 0.25) is 6.29 Å². The average Bonchev–Trinajstić information content (AvgIpc) is 3.26. The van der Waals surface area contributed by atoms with Crippen LogP contribution in [0.25, 0.3) is 5.57 Å². The van der Waals surface area contributed by atoms with E-state index in [2.05, 4.69) is 0 Å². The van der Waals surface area contributed by atoms with Crippen molar-refractivity contribution in [3.63, 3.8) is 0 Å². The second kappa shape index (κ2) is 9.96. The van der Waals surface area contributed by atoms with Crippen LogP contribution in [0.15, 0.2) is 18.2 Å². The molecule has 3 aliphatic rings. The number of aromatic hydroxyl groups is 1. The van der Waals surface area contributed by atoms with Gasteiger partial charge in [-0.2, -0.15) is 8.42 Å². The van der Waals surface area contributed by atoms with Gasteiger partial charge in [-0.15, -0.1) is 0 Å². The predicted molar refractivity (Wildman–Crippen MR) is 125 cm³/mol. The van der Waals surface area contributed by atoms with E-state index < -0.39 is 64.3 Å². The molecule has 0 aromatic heterocycles. The Morgan fingerprint density at radius 1 is 1.22 bits per heavy atom. The normalized spacial score (nSPS) is 22.0. The molecule has 2 fully saturated rings. The molecule has 2 amide bonds. The SMILES string of the molecule is CC(=O)OC(C)OC(=O)N1CC(c2ccc(O)c(N3CC(=O)NS3(=O)=O)c2F)=C[C@H]1CCC1CCC1. The largest absolute Gasteiger partial charge is 0.506 e. The summed E-state index contributed by atoms with van der Waals surface area (Å²) >= 11 is 0. The third-order valence-corrected chi connectivity index (χ3v) is 7.95. The lowest BCUT2D eigenvalue weighted by molar-refractivity contribution is -0.163. The molecule has 2 heterocycles. The van der Waals surface area contributed by atoms with Crippen molar-refractivity contribution >= 4 is 39.4 Å². The van der Waals surface area contributed by atoms with Gasteiger partial charge in [-0.05, 0) is 36.5 Å². The number of anilines is 1. The Hall–Kier alpha value is -3.35. The molecule has 1 aromatic carbocycles. The molecule has 0 spiro atoms. The van der Waals surface area contributed by atoms with Gasteiger partial charge in [0, 0.05) is 19.4 Å². The highest BCUT2D eigenvalue weighted by Gasteiger charge is 2.39. The van der Waals surface area contributed by atoms with Gasteiger partial charge in [-0.25, -0.2) is 18.2 Å². The molecule has 36 heavy (non-hydrogen) atoms. The molecular formula is C23H28FN3O8S. The van der Waals surface area contributed by atoms with E-state index in [1.165, 1.54) is 31.2 Å². The number of hydrogen-bond donors (Lipinski definition) is 2. The van der Waals surface area contributed by atoms with Crippen LogP contribution in [0.2, 0.25) is 0 Å². The van der Waals surface area contributed by atoms with Crippen LogP contribution >= 0.6 is 0 Å². The summed E-state index contributed by atoms with van der Waals surface area (Å²) in [6, 6.07) is 2.00. The van der Waals surface area contributed by atoms with Gasteiger partial charge in [0.1, 0.15) is 18.0 Å². The Labute approximate surface area is 208 Å². The zero-order valence-corrected chi connectivity index (χ0v) is 20.7. The van der Waals surface area contributed by atoms with Gasteiger partial charge in [0.25, 0.3) is 5.91 Å². The molecule has 196 valence electrons. The van der Waals surface area contributed by atoms with Crippen molar-refractivity contribution < 1.29 is 41.8 Å². The number of carbonyl (C=O) groups excluding carboxylic acids is 3. The predicted octanol–water partition coefficient (Wildman–Crippen LogP) is 2.41. The van der Waals surface area contributed by atoms with Crippen LogP contribution in [-0.4, -0.2) is 61.8 Å². The van der Waals surface area contributed by atoms with Gasteiger partial charge in [-0.3, -0.25) is 14.5 Å². The van der Waals surface area contributed by atoms with Crippen molar-refractivity contribution in [2.75, 3.05) is 17.4 Å². The van der Waals surface area contributed by atoms with Crippen molar-refractivity contribution in [3.8, 4) is 5.75 Å². The molecule has 1 aromatic rings. The van der Waals surface area contributed by atoms with Gasteiger partial charge in [-0.1, -0.05) is 25.3 Å². The lowest BCUT2D eigenvalue weighted by Crippen LogP contribution is -2.39. The quantitative estimate of drug-likeness (QED) is 0.408. The average molecular weight is 526 g/mol. The van der Waals surface area contributed by atoms with Crippen LogP contribution in [0.5, 0.6) is 5.75 Å². The van der Waals surface area contributed by atoms with Crippen molar-refractivity contribution in [1.29, 1.82) is 0 Å². The summed E-state index contributed by atoms with van der Waals surface area (Å²) in [5.41, 5.74) is -0.281. The molecule has 0 radical (unpaired) electrons. The molecule has 1 saturated carbocycles. The second-order valence-electron chi connectivity index (χ2n) is 9.15. The van der Waals surface area contributed by atoms with E-state index in [4.69, 9.17) is 9.47 Å². The number of nitrogens with zero attached hydrogens (tertiary/aromatic N) is 2. The van der Waals surface area contributed by atoms with E-state index in [0.717, 1.165) is 25.3 Å². The number of ether oxygens (including phenoxy) is 2. The fourth-order valence-electron chi connectivity index (χ4n) is 4.63. The number of phenols is 1. The standard InChI is InChI=1S/C23H28FN3O8S/c1-13(28)34-14(2)35-23(31)26-11-16(10-17(26)7-6-15-4-3-5-15)18-8-9-19(29)22(21(18)24)27-12-20(30)25-36(27,32)33/h8-10,14-15,17,29H,3-7,11-12H2,1-2H3,(H,25,30)/t14?,17-/m1/s1. The van der Waals surface area contributed by atoms with Gasteiger partial charge in [0.15, 0.2) is 5.82 Å². The first-order valence-electron chi connectivity index (χ1n) is 11.7. The fraction of sp³-hybridized carbons (Fsp3) is 0.522. The number of halogens is 1. The van der Waals surface area contributed by atoms with Crippen LogP contribution < -0.4 is 9.03 Å². The monoisotopic (exact) mass is 525 g/mol. The maximum atomic E-state index is 15.7. The smallest absolute Gasteiger partial charge is 0.413 e. The highest BCUT2D eigenvalue weighted by molar-refractivity contribution is 7.92. The van der Waals surface area contributed by atoms with E-state index in [9.17, 15) is 27.9 Å². The minimum absolute atomic E-state index is 0.0191. The highest BCUT2D eigenvalue weighted by Crippen LogP contribution is 2.40. The zero-order chi connectivity index (χ0) is 26.2. The summed E-state index contributed by atoms with van der Waals surface area (Å²) in [5.74, 6) is -2.60. The molecule has 1 aliphatic carbocycles. The van der Waals surface area contributed by atoms with Crippen LogP contribution in [0.4, 0.5) is 14.9 Å². The lowest BCUT2D eigenvalue weighted by Gasteiger charge is -2.29. The molecule has 4 rings (SSSR count).